The lowest BCUT2D eigenvalue weighted by molar-refractivity contribution is -0.0876. The van der Waals surface area contributed by atoms with Crippen molar-refractivity contribution in [1.29, 1.82) is 0 Å². The van der Waals surface area contributed by atoms with Crippen molar-refractivity contribution in [2.75, 3.05) is 7.11 Å². The van der Waals surface area contributed by atoms with E-state index in [0.717, 1.165) is 12.8 Å². The second kappa shape index (κ2) is 4.40. The van der Waals surface area contributed by atoms with Crippen molar-refractivity contribution < 1.29 is 9.57 Å². The fraction of sp³-hybridized carbons (Fsp3) is 1.00. The lowest BCUT2D eigenvalue weighted by Crippen LogP contribution is -2.46. The van der Waals surface area contributed by atoms with Crippen LogP contribution in [-0.4, -0.2) is 25.4 Å². The van der Waals surface area contributed by atoms with E-state index >= 15 is 0 Å². The van der Waals surface area contributed by atoms with Gasteiger partial charge in [-0.25, -0.2) is 0 Å². The van der Waals surface area contributed by atoms with Crippen LogP contribution >= 0.6 is 0 Å². The molecule has 0 heterocycles. The third-order valence-electron chi connectivity index (χ3n) is 3.13. The van der Waals surface area contributed by atoms with Crippen molar-refractivity contribution in [2.45, 2.75) is 56.8 Å². The molecule has 3 heteroatoms. The molecule has 0 atom stereocenters. The van der Waals surface area contributed by atoms with Crippen LogP contribution in [0.4, 0.5) is 0 Å². The van der Waals surface area contributed by atoms with Gasteiger partial charge in [-0.3, -0.25) is 4.84 Å². The van der Waals surface area contributed by atoms with Crippen molar-refractivity contribution in [3.05, 3.63) is 0 Å². The summed E-state index contributed by atoms with van der Waals surface area (Å²) in [6.07, 6.45) is 8.26. The third kappa shape index (κ3) is 2.42. The molecule has 0 aromatic rings. The van der Waals surface area contributed by atoms with E-state index < -0.39 is 0 Å². The molecule has 0 saturated heterocycles. The van der Waals surface area contributed by atoms with Gasteiger partial charge in [0.25, 0.3) is 0 Å². The molecule has 3 nitrogen and oxygen atoms in total. The molecule has 0 bridgehead atoms. The Morgan fingerprint density at radius 2 is 1.77 bits per heavy atom. The van der Waals surface area contributed by atoms with E-state index in [0.29, 0.717) is 18.2 Å². The molecule has 0 spiro atoms. The first-order valence-corrected chi connectivity index (χ1v) is 5.32. The maximum Gasteiger partial charge on any atom is 0.0790 e. The topological polar surface area (TPSA) is 30.5 Å². The van der Waals surface area contributed by atoms with E-state index in [4.69, 9.17) is 9.57 Å². The Morgan fingerprint density at radius 1 is 1.08 bits per heavy atom. The van der Waals surface area contributed by atoms with Crippen LogP contribution in [0.25, 0.3) is 0 Å². The maximum atomic E-state index is 5.59. The first-order chi connectivity index (χ1) is 6.38. The van der Waals surface area contributed by atoms with Gasteiger partial charge in [0.05, 0.1) is 12.2 Å². The van der Waals surface area contributed by atoms with Crippen LogP contribution in [-0.2, 0) is 9.57 Å². The van der Waals surface area contributed by atoms with Gasteiger partial charge >= 0.3 is 0 Å². The minimum atomic E-state index is 0.463. The zero-order valence-corrected chi connectivity index (χ0v) is 8.29. The normalized spacial score (nSPS) is 34.8. The average Bonchev–Trinajstić information content (AvgIpc) is 2.54. The maximum absolute atomic E-state index is 5.59. The van der Waals surface area contributed by atoms with Crippen molar-refractivity contribution in [3.8, 4) is 0 Å². The van der Waals surface area contributed by atoms with Crippen LogP contribution in [0.2, 0.25) is 0 Å². The number of rotatable bonds is 4. The van der Waals surface area contributed by atoms with Crippen molar-refractivity contribution in [1.82, 2.24) is 5.48 Å². The highest BCUT2D eigenvalue weighted by molar-refractivity contribution is 4.83. The highest BCUT2D eigenvalue weighted by Gasteiger charge is 2.30. The quantitative estimate of drug-likeness (QED) is 0.675. The first kappa shape index (κ1) is 9.44. The largest absolute Gasteiger partial charge is 0.381 e. The van der Waals surface area contributed by atoms with E-state index in [1.807, 2.05) is 0 Å². The molecule has 2 fully saturated rings. The van der Waals surface area contributed by atoms with Crippen LogP contribution in [0, 0.1) is 0 Å². The molecule has 13 heavy (non-hydrogen) atoms. The summed E-state index contributed by atoms with van der Waals surface area (Å²) in [4.78, 5) is 5.59. The molecular weight excluding hydrogens is 166 g/mol. The van der Waals surface area contributed by atoms with Crippen LogP contribution in [0.15, 0.2) is 0 Å². The molecule has 76 valence electrons. The van der Waals surface area contributed by atoms with Crippen molar-refractivity contribution in [3.63, 3.8) is 0 Å². The SMILES string of the molecule is COC1CC(NOC2CCCC2)C1. The van der Waals surface area contributed by atoms with Crippen LogP contribution < -0.4 is 5.48 Å². The minimum absolute atomic E-state index is 0.463. The number of hydroxylamine groups is 1. The molecule has 2 saturated carbocycles. The summed E-state index contributed by atoms with van der Waals surface area (Å²) < 4.78 is 5.19. The van der Waals surface area contributed by atoms with Gasteiger partial charge in [-0.05, 0) is 25.7 Å². The van der Waals surface area contributed by atoms with E-state index in [9.17, 15) is 0 Å². The molecule has 2 rings (SSSR count). The van der Waals surface area contributed by atoms with Gasteiger partial charge in [-0.1, -0.05) is 12.8 Å². The molecule has 0 aliphatic heterocycles. The predicted molar refractivity (Wildman–Crippen MR) is 50.3 cm³/mol. The standard InChI is InChI=1S/C10H19NO2/c1-12-10-6-8(7-10)11-13-9-4-2-3-5-9/h8-11H,2-7H2,1H3. The number of hydrogen-bond donors (Lipinski definition) is 1. The fourth-order valence-electron chi connectivity index (χ4n) is 2.05. The molecule has 0 radical (unpaired) electrons. The summed E-state index contributed by atoms with van der Waals surface area (Å²) >= 11 is 0. The summed E-state index contributed by atoms with van der Waals surface area (Å²) in [6, 6.07) is 0.533. The Hall–Kier alpha value is -0.120. The van der Waals surface area contributed by atoms with Gasteiger partial charge in [0, 0.05) is 13.2 Å². The Kier molecular flexibility index (Phi) is 3.19. The highest BCUT2D eigenvalue weighted by atomic mass is 16.7. The molecule has 2 aliphatic carbocycles. The highest BCUT2D eigenvalue weighted by Crippen LogP contribution is 2.24. The number of nitrogens with one attached hydrogen (secondary N) is 1. The second-order valence-corrected chi connectivity index (χ2v) is 4.17. The summed E-state index contributed by atoms with van der Waals surface area (Å²) in [7, 11) is 1.78. The van der Waals surface area contributed by atoms with Gasteiger partial charge in [-0.15, -0.1) is 0 Å². The van der Waals surface area contributed by atoms with Crippen LogP contribution in [0.5, 0.6) is 0 Å². The lowest BCUT2D eigenvalue weighted by Gasteiger charge is -2.34. The van der Waals surface area contributed by atoms with Gasteiger partial charge < -0.3 is 4.74 Å². The Balaban J connectivity index is 1.54. The molecular formula is C10H19NO2. The Labute approximate surface area is 79.7 Å². The number of methoxy groups -OCH3 is 1. The van der Waals surface area contributed by atoms with Gasteiger partial charge in [-0.2, -0.15) is 5.48 Å². The molecule has 0 amide bonds. The zero-order chi connectivity index (χ0) is 9.10. The Bertz CT molecular complexity index is 151. The molecule has 2 aliphatic rings. The third-order valence-corrected chi connectivity index (χ3v) is 3.13. The molecule has 0 aromatic heterocycles. The summed E-state index contributed by atoms with van der Waals surface area (Å²) in [6.45, 7) is 0. The van der Waals surface area contributed by atoms with Crippen LogP contribution in [0.3, 0.4) is 0 Å². The average molecular weight is 185 g/mol. The van der Waals surface area contributed by atoms with Crippen molar-refractivity contribution >= 4 is 0 Å². The van der Waals surface area contributed by atoms with E-state index in [-0.39, 0.29) is 0 Å². The summed E-state index contributed by atoms with van der Waals surface area (Å²) in [5, 5.41) is 0. The monoisotopic (exact) mass is 185 g/mol. The van der Waals surface area contributed by atoms with E-state index in [1.165, 1.54) is 25.7 Å². The summed E-state index contributed by atoms with van der Waals surface area (Å²) in [5.41, 5.74) is 3.15. The minimum Gasteiger partial charge on any atom is -0.381 e. The van der Waals surface area contributed by atoms with E-state index in [1.54, 1.807) is 7.11 Å². The second-order valence-electron chi connectivity index (χ2n) is 4.17. The predicted octanol–water partition coefficient (Wildman–Crippen LogP) is 1.63. The number of hydrogen-bond acceptors (Lipinski definition) is 3. The van der Waals surface area contributed by atoms with Gasteiger partial charge in [0.2, 0.25) is 0 Å². The zero-order valence-electron chi connectivity index (χ0n) is 8.29. The van der Waals surface area contributed by atoms with Crippen LogP contribution in [0.1, 0.15) is 38.5 Å². The fourth-order valence-corrected chi connectivity index (χ4v) is 2.05. The summed E-state index contributed by atoms with van der Waals surface area (Å²) in [5.74, 6) is 0. The molecule has 0 unspecified atom stereocenters. The van der Waals surface area contributed by atoms with E-state index in [2.05, 4.69) is 5.48 Å². The molecule has 0 aromatic carbocycles. The Morgan fingerprint density at radius 3 is 2.38 bits per heavy atom. The first-order valence-electron chi connectivity index (χ1n) is 5.32. The molecule has 1 N–H and O–H groups in total. The van der Waals surface area contributed by atoms with Crippen molar-refractivity contribution in [2.24, 2.45) is 0 Å². The van der Waals surface area contributed by atoms with Gasteiger partial charge in [0.1, 0.15) is 0 Å². The smallest absolute Gasteiger partial charge is 0.0790 e. The van der Waals surface area contributed by atoms with Gasteiger partial charge in [0.15, 0.2) is 0 Å². The number of ether oxygens (including phenoxy) is 1. The lowest BCUT2D eigenvalue weighted by atomic mass is 9.90.